The summed E-state index contributed by atoms with van der Waals surface area (Å²) in [4.78, 5) is 11.9. The fourth-order valence-electron chi connectivity index (χ4n) is 1.67. The van der Waals surface area contributed by atoms with Gasteiger partial charge in [0.25, 0.3) is 5.91 Å². The Kier molecular flexibility index (Phi) is 3.46. The first-order valence-electron chi connectivity index (χ1n) is 5.60. The molecular formula is C14H12F2N2O. The zero-order valence-corrected chi connectivity index (χ0v) is 10.2. The van der Waals surface area contributed by atoms with E-state index in [9.17, 15) is 13.6 Å². The van der Waals surface area contributed by atoms with E-state index in [2.05, 4.69) is 5.32 Å². The van der Waals surface area contributed by atoms with Crippen LogP contribution in [0.2, 0.25) is 0 Å². The van der Waals surface area contributed by atoms with Crippen LogP contribution in [0.5, 0.6) is 0 Å². The molecule has 2 aromatic carbocycles. The molecule has 0 fully saturated rings. The van der Waals surface area contributed by atoms with E-state index in [1.54, 1.807) is 13.0 Å². The molecule has 19 heavy (non-hydrogen) atoms. The number of aryl methyl sites for hydroxylation is 1. The lowest BCUT2D eigenvalue weighted by Gasteiger charge is -2.10. The van der Waals surface area contributed by atoms with Gasteiger partial charge in [0.2, 0.25) is 0 Å². The van der Waals surface area contributed by atoms with E-state index in [0.29, 0.717) is 0 Å². The number of nitrogen functional groups attached to an aromatic ring is 1. The highest BCUT2D eigenvalue weighted by molar-refractivity contribution is 6.06. The third-order valence-corrected chi connectivity index (χ3v) is 2.65. The second-order valence-corrected chi connectivity index (χ2v) is 4.14. The van der Waals surface area contributed by atoms with Gasteiger partial charge >= 0.3 is 0 Å². The lowest BCUT2D eigenvalue weighted by molar-refractivity contribution is 0.102. The number of benzene rings is 2. The Morgan fingerprint density at radius 3 is 2.58 bits per heavy atom. The van der Waals surface area contributed by atoms with Crippen molar-refractivity contribution in [2.75, 3.05) is 11.1 Å². The van der Waals surface area contributed by atoms with Crippen LogP contribution in [-0.4, -0.2) is 5.91 Å². The number of hydrogen-bond acceptors (Lipinski definition) is 2. The predicted molar refractivity (Wildman–Crippen MR) is 69.9 cm³/mol. The maximum absolute atomic E-state index is 13.5. The molecule has 0 aliphatic heterocycles. The van der Waals surface area contributed by atoms with E-state index in [0.717, 1.165) is 5.56 Å². The standard InChI is InChI=1S/C14H12F2N2O/c1-8-5-6-10(15)9(7-8)14(19)18-13-11(16)3-2-4-12(13)17/h2-7H,17H2,1H3,(H,18,19). The molecule has 2 rings (SSSR count). The van der Waals surface area contributed by atoms with Gasteiger partial charge in [-0.2, -0.15) is 0 Å². The molecule has 98 valence electrons. The van der Waals surface area contributed by atoms with Gasteiger partial charge in [0, 0.05) is 0 Å². The molecule has 1 amide bonds. The Balaban J connectivity index is 2.34. The molecule has 0 bridgehead atoms. The van der Waals surface area contributed by atoms with Gasteiger partial charge < -0.3 is 11.1 Å². The fourth-order valence-corrected chi connectivity index (χ4v) is 1.67. The molecule has 3 N–H and O–H groups in total. The van der Waals surface area contributed by atoms with Crippen LogP contribution < -0.4 is 11.1 Å². The second kappa shape index (κ2) is 5.06. The molecule has 2 aromatic rings. The minimum atomic E-state index is -0.738. The summed E-state index contributed by atoms with van der Waals surface area (Å²) in [6.07, 6.45) is 0. The smallest absolute Gasteiger partial charge is 0.258 e. The zero-order valence-electron chi connectivity index (χ0n) is 10.2. The first kappa shape index (κ1) is 13.0. The summed E-state index contributed by atoms with van der Waals surface area (Å²) >= 11 is 0. The van der Waals surface area contributed by atoms with Crippen molar-refractivity contribution < 1.29 is 13.6 Å². The number of carbonyl (C=O) groups excluding carboxylic acids is 1. The SMILES string of the molecule is Cc1ccc(F)c(C(=O)Nc2c(N)cccc2F)c1. The molecule has 0 saturated carbocycles. The summed E-state index contributed by atoms with van der Waals surface area (Å²) in [5, 5.41) is 2.28. The highest BCUT2D eigenvalue weighted by Crippen LogP contribution is 2.23. The normalized spacial score (nSPS) is 10.3. The average molecular weight is 262 g/mol. The van der Waals surface area contributed by atoms with Crippen LogP contribution in [-0.2, 0) is 0 Å². The van der Waals surface area contributed by atoms with Gasteiger partial charge in [-0.15, -0.1) is 0 Å². The summed E-state index contributed by atoms with van der Waals surface area (Å²) in [6.45, 7) is 1.73. The number of rotatable bonds is 2. The number of anilines is 2. The second-order valence-electron chi connectivity index (χ2n) is 4.14. The van der Waals surface area contributed by atoms with Gasteiger partial charge in [-0.25, -0.2) is 8.78 Å². The summed E-state index contributed by atoms with van der Waals surface area (Å²) in [5.41, 5.74) is 6.09. The Morgan fingerprint density at radius 1 is 1.16 bits per heavy atom. The molecule has 0 radical (unpaired) electrons. The molecule has 0 unspecified atom stereocenters. The van der Waals surface area contributed by atoms with E-state index < -0.39 is 17.5 Å². The van der Waals surface area contributed by atoms with Crippen molar-refractivity contribution in [1.29, 1.82) is 0 Å². The predicted octanol–water partition coefficient (Wildman–Crippen LogP) is 3.11. The van der Waals surface area contributed by atoms with Crippen molar-refractivity contribution in [1.82, 2.24) is 0 Å². The minimum absolute atomic E-state index is 0.0846. The van der Waals surface area contributed by atoms with Gasteiger partial charge in [0.05, 0.1) is 11.3 Å². The Morgan fingerprint density at radius 2 is 1.89 bits per heavy atom. The third-order valence-electron chi connectivity index (χ3n) is 2.65. The molecule has 0 aliphatic carbocycles. The highest BCUT2D eigenvalue weighted by atomic mass is 19.1. The highest BCUT2D eigenvalue weighted by Gasteiger charge is 2.15. The van der Waals surface area contributed by atoms with E-state index >= 15 is 0 Å². The van der Waals surface area contributed by atoms with Gasteiger partial charge in [0.15, 0.2) is 0 Å². The maximum atomic E-state index is 13.5. The van der Waals surface area contributed by atoms with Crippen molar-refractivity contribution in [2.45, 2.75) is 6.92 Å². The van der Waals surface area contributed by atoms with Crippen LogP contribution in [0.4, 0.5) is 20.2 Å². The molecule has 5 heteroatoms. The van der Waals surface area contributed by atoms with E-state index in [1.807, 2.05) is 0 Å². The van der Waals surface area contributed by atoms with Crippen molar-refractivity contribution in [3.63, 3.8) is 0 Å². The summed E-state index contributed by atoms with van der Waals surface area (Å²) in [5.74, 6) is -2.07. The largest absolute Gasteiger partial charge is 0.397 e. The molecule has 0 spiro atoms. The lowest BCUT2D eigenvalue weighted by Crippen LogP contribution is -2.16. The number of carbonyl (C=O) groups is 1. The van der Waals surface area contributed by atoms with Gasteiger partial charge in [0.1, 0.15) is 17.3 Å². The molecule has 0 aliphatic rings. The van der Waals surface area contributed by atoms with Crippen molar-refractivity contribution in [3.8, 4) is 0 Å². The molecule has 0 saturated heterocycles. The van der Waals surface area contributed by atoms with Crippen molar-refractivity contribution in [2.24, 2.45) is 0 Å². The van der Waals surface area contributed by atoms with E-state index in [4.69, 9.17) is 5.73 Å². The lowest BCUT2D eigenvalue weighted by atomic mass is 10.1. The summed E-state index contributed by atoms with van der Waals surface area (Å²) in [6, 6.07) is 8.16. The number of halogens is 2. The quantitative estimate of drug-likeness (QED) is 0.817. The number of nitrogens with two attached hydrogens (primary N) is 1. The monoisotopic (exact) mass is 262 g/mol. The van der Waals surface area contributed by atoms with Crippen LogP contribution in [0.25, 0.3) is 0 Å². The van der Waals surface area contributed by atoms with Crippen LogP contribution in [0, 0.1) is 18.6 Å². The summed E-state index contributed by atoms with van der Waals surface area (Å²) in [7, 11) is 0. The minimum Gasteiger partial charge on any atom is -0.397 e. The third kappa shape index (κ3) is 2.70. The molecule has 0 atom stereocenters. The van der Waals surface area contributed by atoms with Gasteiger partial charge in [-0.1, -0.05) is 17.7 Å². The Hall–Kier alpha value is -2.43. The number of para-hydroxylation sites is 1. The molecule has 0 heterocycles. The Bertz CT molecular complexity index is 621. The van der Waals surface area contributed by atoms with Gasteiger partial charge in [-0.3, -0.25) is 4.79 Å². The van der Waals surface area contributed by atoms with Crippen LogP contribution in [0.3, 0.4) is 0 Å². The van der Waals surface area contributed by atoms with Crippen LogP contribution in [0.15, 0.2) is 36.4 Å². The molecule has 3 nitrogen and oxygen atoms in total. The molecular weight excluding hydrogens is 250 g/mol. The van der Waals surface area contributed by atoms with Gasteiger partial charge in [-0.05, 0) is 31.2 Å². The number of hydrogen-bond donors (Lipinski definition) is 2. The topological polar surface area (TPSA) is 55.1 Å². The average Bonchev–Trinajstić information content (AvgIpc) is 2.37. The summed E-state index contributed by atoms with van der Waals surface area (Å²) < 4.78 is 27.1. The molecule has 0 aromatic heterocycles. The van der Waals surface area contributed by atoms with Crippen LogP contribution >= 0.6 is 0 Å². The maximum Gasteiger partial charge on any atom is 0.258 e. The zero-order chi connectivity index (χ0) is 14.0. The first-order chi connectivity index (χ1) is 8.99. The fraction of sp³-hybridized carbons (Fsp3) is 0.0714. The van der Waals surface area contributed by atoms with E-state index in [1.165, 1.54) is 30.3 Å². The van der Waals surface area contributed by atoms with Crippen molar-refractivity contribution in [3.05, 3.63) is 59.2 Å². The van der Waals surface area contributed by atoms with Crippen LogP contribution in [0.1, 0.15) is 15.9 Å². The number of amides is 1. The Labute approximate surface area is 109 Å². The first-order valence-corrected chi connectivity index (χ1v) is 5.60. The number of nitrogens with one attached hydrogen (secondary N) is 1. The van der Waals surface area contributed by atoms with Crippen molar-refractivity contribution >= 4 is 17.3 Å². The van der Waals surface area contributed by atoms with E-state index in [-0.39, 0.29) is 16.9 Å².